The Morgan fingerprint density at radius 2 is 1.73 bits per heavy atom. The molecule has 0 unspecified atom stereocenters. The monoisotopic (exact) mass is 565 g/mol. The average Bonchev–Trinajstić information content (AvgIpc) is 3.30. The number of ether oxygens (including phenoxy) is 1. The fourth-order valence-electron chi connectivity index (χ4n) is 3.74. The molecular weight excluding hydrogens is 525 g/mol. The molecule has 33 heavy (non-hydrogen) atoms. The third-order valence-corrected chi connectivity index (χ3v) is 5.56. The SMILES string of the molecule is CCNC(=NCc1cccc(OCCN(C)C)c1)NCc1ccc(CN2CCCC2)cc1.I. The Bertz CT molecular complexity index is 835. The molecule has 2 N–H and O–H groups in total. The molecule has 0 saturated carbocycles. The lowest BCUT2D eigenvalue weighted by Crippen LogP contribution is -2.36. The van der Waals surface area contributed by atoms with Crippen LogP contribution >= 0.6 is 24.0 Å². The number of nitrogens with one attached hydrogen (secondary N) is 2. The second-order valence-corrected chi connectivity index (χ2v) is 8.65. The number of likely N-dealkylation sites (tertiary alicyclic amines) is 1. The molecule has 0 aromatic heterocycles. The van der Waals surface area contributed by atoms with Crippen molar-refractivity contribution in [3.63, 3.8) is 0 Å². The second-order valence-electron chi connectivity index (χ2n) is 8.65. The Balaban J connectivity index is 0.00000385. The maximum absolute atomic E-state index is 5.84. The van der Waals surface area contributed by atoms with Crippen molar-refractivity contribution in [1.82, 2.24) is 20.4 Å². The number of guanidine groups is 1. The van der Waals surface area contributed by atoms with Crippen LogP contribution in [0.5, 0.6) is 5.75 Å². The van der Waals surface area contributed by atoms with Gasteiger partial charge in [0.05, 0.1) is 6.54 Å². The van der Waals surface area contributed by atoms with Gasteiger partial charge in [-0.1, -0.05) is 36.4 Å². The van der Waals surface area contributed by atoms with Gasteiger partial charge in [0.1, 0.15) is 12.4 Å². The van der Waals surface area contributed by atoms with Gasteiger partial charge in [-0.2, -0.15) is 0 Å². The standard InChI is InChI=1S/C26H39N5O.HI/c1-4-27-26(29-20-24-8-7-9-25(18-24)32-17-16-30(2)3)28-19-22-10-12-23(13-11-22)21-31-14-5-6-15-31;/h7-13,18H,4-6,14-17,19-21H2,1-3H3,(H2,27,28,29);1H. The van der Waals surface area contributed by atoms with Crippen LogP contribution in [0.4, 0.5) is 0 Å². The topological polar surface area (TPSA) is 52.1 Å². The normalized spacial score (nSPS) is 14.2. The third kappa shape index (κ3) is 10.3. The Morgan fingerprint density at radius 3 is 2.42 bits per heavy atom. The van der Waals surface area contributed by atoms with E-state index in [1.165, 1.54) is 37.1 Å². The van der Waals surface area contributed by atoms with Crippen molar-refractivity contribution >= 4 is 29.9 Å². The van der Waals surface area contributed by atoms with Gasteiger partial charge in [0, 0.05) is 26.2 Å². The van der Waals surface area contributed by atoms with Gasteiger partial charge < -0.3 is 20.3 Å². The van der Waals surface area contributed by atoms with E-state index in [1.54, 1.807) is 0 Å². The number of rotatable bonds is 11. The largest absolute Gasteiger partial charge is 0.492 e. The first-order valence-corrected chi connectivity index (χ1v) is 11.8. The lowest BCUT2D eigenvalue weighted by molar-refractivity contribution is 0.261. The van der Waals surface area contributed by atoms with Crippen LogP contribution in [-0.4, -0.2) is 62.6 Å². The van der Waals surface area contributed by atoms with Gasteiger partial charge >= 0.3 is 0 Å². The molecule has 0 amide bonds. The summed E-state index contributed by atoms with van der Waals surface area (Å²) >= 11 is 0. The first-order chi connectivity index (χ1) is 15.6. The molecule has 1 heterocycles. The van der Waals surface area contributed by atoms with Crippen LogP contribution in [0.25, 0.3) is 0 Å². The minimum Gasteiger partial charge on any atom is -0.492 e. The van der Waals surface area contributed by atoms with Crippen molar-refractivity contribution in [2.24, 2.45) is 4.99 Å². The molecule has 3 rings (SSSR count). The highest BCUT2D eigenvalue weighted by Gasteiger charge is 2.11. The molecule has 1 aliphatic heterocycles. The average molecular weight is 566 g/mol. The van der Waals surface area contributed by atoms with Gasteiger partial charge in [-0.05, 0) is 75.8 Å². The molecular formula is C26H40IN5O. The van der Waals surface area contributed by atoms with Crippen molar-refractivity contribution in [1.29, 1.82) is 0 Å². The van der Waals surface area contributed by atoms with E-state index in [2.05, 4.69) is 63.8 Å². The molecule has 0 atom stereocenters. The number of hydrogen-bond donors (Lipinski definition) is 2. The zero-order valence-corrected chi connectivity index (χ0v) is 22.7. The summed E-state index contributed by atoms with van der Waals surface area (Å²) in [4.78, 5) is 9.41. The Morgan fingerprint density at radius 1 is 1.00 bits per heavy atom. The Labute approximate surface area is 216 Å². The summed E-state index contributed by atoms with van der Waals surface area (Å²) in [6.07, 6.45) is 2.67. The van der Waals surface area contributed by atoms with Gasteiger partial charge in [-0.25, -0.2) is 4.99 Å². The number of halogens is 1. The molecule has 0 radical (unpaired) electrons. The molecule has 2 aromatic carbocycles. The maximum Gasteiger partial charge on any atom is 0.191 e. The zero-order valence-electron chi connectivity index (χ0n) is 20.3. The highest BCUT2D eigenvalue weighted by atomic mass is 127. The highest BCUT2D eigenvalue weighted by Crippen LogP contribution is 2.15. The summed E-state index contributed by atoms with van der Waals surface area (Å²) in [7, 11) is 4.10. The van der Waals surface area contributed by atoms with E-state index in [0.717, 1.165) is 43.5 Å². The summed E-state index contributed by atoms with van der Waals surface area (Å²) in [6, 6.07) is 17.1. The lowest BCUT2D eigenvalue weighted by Gasteiger charge is -2.15. The van der Waals surface area contributed by atoms with E-state index >= 15 is 0 Å². The molecule has 1 fully saturated rings. The van der Waals surface area contributed by atoms with Crippen LogP contribution in [0.2, 0.25) is 0 Å². The van der Waals surface area contributed by atoms with E-state index in [0.29, 0.717) is 13.2 Å². The van der Waals surface area contributed by atoms with E-state index in [1.807, 2.05) is 26.2 Å². The predicted molar refractivity (Wildman–Crippen MR) is 149 cm³/mol. The van der Waals surface area contributed by atoms with Crippen molar-refractivity contribution in [2.45, 2.75) is 39.4 Å². The zero-order chi connectivity index (χ0) is 22.6. The maximum atomic E-state index is 5.84. The van der Waals surface area contributed by atoms with Gasteiger partial charge in [-0.3, -0.25) is 4.90 Å². The summed E-state index contributed by atoms with van der Waals surface area (Å²) in [5.41, 5.74) is 3.79. The number of hydrogen-bond acceptors (Lipinski definition) is 4. The minimum atomic E-state index is 0. The van der Waals surface area contributed by atoms with Crippen LogP contribution in [0.3, 0.4) is 0 Å². The van der Waals surface area contributed by atoms with Crippen molar-refractivity contribution in [2.75, 3.05) is 46.9 Å². The quantitative estimate of drug-likeness (QED) is 0.244. The Hall–Kier alpha value is -1.84. The number of nitrogens with zero attached hydrogens (tertiary/aromatic N) is 3. The molecule has 0 aliphatic carbocycles. The van der Waals surface area contributed by atoms with Crippen LogP contribution in [0, 0.1) is 0 Å². The summed E-state index contributed by atoms with van der Waals surface area (Å²) in [5.74, 6) is 1.72. The van der Waals surface area contributed by atoms with E-state index in [4.69, 9.17) is 9.73 Å². The number of aliphatic imine (C=N–C) groups is 1. The smallest absolute Gasteiger partial charge is 0.191 e. The van der Waals surface area contributed by atoms with Crippen molar-refractivity contribution < 1.29 is 4.74 Å². The van der Waals surface area contributed by atoms with Crippen LogP contribution in [0.15, 0.2) is 53.5 Å². The molecule has 182 valence electrons. The van der Waals surface area contributed by atoms with E-state index in [9.17, 15) is 0 Å². The van der Waals surface area contributed by atoms with Crippen molar-refractivity contribution in [3.8, 4) is 5.75 Å². The number of benzene rings is 2. The summed E-state index contributed by atoms with van der Waals surface area (Å²) in [5, 5.41) is 6.79. The predicted octanol–water partition coefficient (Wildman–Crippen LogP) is 4.10. The fourth-order valence-corrected chi connectivity index (χ4v) is 3.74. The number of likely N-dealkylation sites (N-methyl/N-ethyl adjacent to an activating group) is 1. The molecule has 1 aliphatic rings. The molecule has 7 heteroatoms. The first kappa shape index (κ1) is 27.4. The van der Waals surface area contributed by atoms with Crippen LogP contribution in [0.1, 0.15) is 36.5 Å². The lowest BCUT2D eigenvalue weighted by atomic mass is 10.1. The molecule has 1 saturated heterocycles. The fraction of sp³-hybridized carbons (Fsp3) is 0.500. The summed E-state index contributed by atoms with van der Waals surface area (Å²) < 4.78 is 5.84. The minimum absolute atomic E-state index is 0. The van der Waals surface area contributed by atoms with Gasteiger partial charge in [0.2, 0.25) is 0 Å². The molecule has 6 nitrogen and oxygen atoms in total. The van der Waals surface area contributed by atoms with Gasteiger partial charge in [-0.15, -0.1) is 24.0 Å². The highest BCUT2D eigenvalue weighted by molar-refractivity contribution is 14.0. The van der Waals surface area contributed by atoms with Gasteiger partial charge in [0.25, 0.3) is 0 Å². The van der Waals surface area contributed by atoms with Gasteiger partial charge in [0.15, 0.2) is 5.96 Å². The van der Waals surface area contributed by atoms with Crippen LogP contribution in [-0.2, 0) is 19.6 Å². The van der Waals surface area contributed by atoms with Crippen molar-refractivity contribution in [3.05, 3.63) is 65.2 Å². The van der Waals surface area contributed by atoms with E-state index in [-0.39, 0.29) is 24.0 Å². The second kappa shape index (κ2) is 15.1. The summed E-state index contributed by atoms with van der Waals surface area (Å²) in [6.45, 7) is 9.39. The molecule has 0 bridgehead atoms. The van der Waals surface area contributed by atoms with Crippen LogP contribution < -0.4 is 15.4 Å². The third-order valence-electron chi connectivity index (χ3n) is 5.56. The molecule has 0 spiro atoms. The first-order valence-electron chi connectivity index (χ1n) is 11.8. The Kier molecular flexibility index (Phi) is 12.6. The molecule has 2 aromatic rings. The van der Waals surface area contributed by atoms with E-state index < -0.39 is 0 Å².